The standard InChI is InChI=1S/C18H16N2O4S/c1-24-18(23)11-5-4-6-12(9-11)19-16(21)10-15-17(22)20-13-7-2-3-8-14(13)25-15/h2-9,15H,10H2,1H3,(H,19,21)(H,20,22). The molecule has 2 aromatic rings. The summed E-state index contributed by atoms with van der Waals surface area (Å²) < 4.78 is 4.66. The second kappa shape index (κ2) is 7.40. The van der Waals surface area contributed by atoms with Gasteiger partial charge in [-0.05, 0) is 30.3 Å². The number of esters is 1. The van der Waals surface area contributed by atoms with E-state index in [1.807, 2.05) is 24.3 Å². The van der Waals surface area contributed by atoms with Crippen LogP contribution in [0.25, 0.3) is 0 Å². The fourth-order valence-electron chi connectivity index (χ4n) is 2.45. The van der Waals surface area contributed by atoms with Crippen LogP contribution in [0.2, 0.25) is 0 Å². The highest BCUT2D eigenvalue weighted by molar-refractivity contribution is 8.01. The van der Waals surface area contributed by atoms with Crippen LogP contribution in [-0.4, -0.2) is 30.1 Å². The van der Waals surface area contributed by atoms with Crippen LogP contribution in [0.1, 0.15) is 16.8 Å². The largest absolute Gasteiger partial charge is 0.465 e. The third-order valence-electron chi connectivity index (χ3n) is 3.64. The summed E-state index contributed by atoms with van der Waals surface area (Å²) in [6.07, 6.45) is 0.0350. The quantitative estimate of drug-likeness (QED) is 0.823. The predicted octanol–water partition coefficient (Wildman–Crippen LogP) is 2.91. The fraction of sp³-hybridized carbons (Fsp3) is 0.167. The smallest absolute Gasteiger partial charge is 0.337 e. The molecular weight excluding hydrogens is 340 g/mol. The van der Waals surface area contributed by atoms with Gasteiger partial charge in [-0.25, -0.2) is 4.79 Å². The molecule has 1 aliphatic rings. The van der Waals surface area contributed by atoms with Gasteiger partial charge >= 0.3 is 5.97 Å². The minimum atomic E-state index is -0.501. The van der Waals surface area contributed by atoms with Gasteiger partial charge in [0.1, 0.15) is 0 Å². The summed E-state index contributed by atoms with van der Waals surface area (Å²) in [6, 6.07) is 13.9. The van der Waals surface area contributed by atoms with Gasteiger partial charge in [-0.15, -0.1) is 11.8 Å². The number of hydrogen-bond donors (Lipinski definition) is 2. The number of rotatable bonds is 4. The van der Waals surface area contributed by atoms with Gasteiger partial charge in [0, 0.05) is 17.0 Å². The Balaban J connectivity index is 1.65. The van der Waals surface area contributed by atoms with Crippen molar-refractivity contribution >= 4 is 40.9 Å². The first-order valence-electron chi connectivity index (χ1n) is 7.61. The molecule has 1 atom stereocenters. The van der Waals surface area contributed by atoms with Gasteiger partial charge in [0.05, 0.1) is 23.6 Å². The van der Waals surface area contributed by atoms with Crippen LogP contribution < -0.4 is 10.6 Å². The molecule has 7 heteroatoms. The van der Waals surface area contributed by atoms with E-state index < -0.39 is 11.2 Å². The lowest BCUT2D eigenvalue weighted by molar-refractivity contribution is -0.120. The first-order chi connectivity index (χ1) is 12.1. The summed E-state index contributed by atoms with van der Waals surface area (Å²) in [5, 5.41) is 5.02. The Morgan fingerprint density at radius 2 is 2.00 bits per heavy atom. The summed E-state index contributed by atoms with van der Waals surface area (Å²) in [5.41, 5.74) is 1.59. The first-order valence-corrected chi connectivity index (χ1v) is 8.49. The van der Waals surface area contributed by atoms with Crippen molar-refractivity contribution in [1.29, 1.82) is 0 Å². The first kappa shape index (κ1) is 17.0. The summed E-state index contributed by atoms with van der Waals surface area (Å²) >= 11 is 1.37. The number of benzene rings is 2. The molecule has 0 aliphatic carbocycles. The predicted molar refractivity (Wildman–Crippen MR) is 95.7 cm³/mol. The Morgan fingerprint density at radius 1 is 1.20 bits per heavy atom. The van der Waals surface area contributed by atoms with Crippen LogP contribution in [0.4, 0.5) is 11.4 Å². The average Bonchev–Trinajstić information content (AvgIpc) is 2.61. The number of anilines is 2. The Kier molecular flexibility index (Phi) is 5.04. The van der Waals surface area contributed by atoms with Crippen molar-refractivity contribution in [3.05, 3.63) is 54.1 Å². The Morgan fingerprint density at radius 3 is 2.80 bits per heavy atom. The van der Waals surface area contributed by atoms with Gasteiger partial charge in [0.25, 0.3) is 0 Å². The molecule has 0 spiro atoms. The molecule has 0 saturated heterocycles. The fourth-order valence-corrected chi connectivity index (χ4v) is 3.56. The molecular formula is C18H16N2O4S. The van der Waals surface area contributed by atoms with E-state index in [0.717, 1.165) is 10.6 Å². The van der Waals surface area contributed by atoms with E-state index in [1.165, 1.54) is 24.9 Å². The van der Waals surface area contributed by atoms with E-state index in [4.69, 9.17) is 0 Å². The van der Waals surface area contributed by atoms with Gasteiger partial charge in [0.15, 0.2) is 0 Å². The summed E-state index contributed by atoms with van der Waals surface area (Å²) in [4.78, 5) is 36.9. The van der Waals surface area contributed by atoms with Gasteiger partial charge in [-0.1, -0.05) is 18.2 Å². The van der Waals surface area contributed by atoms with E-state index in [1.54, 1.807) is 18.2 Å². The van der Waals surface area contributed by atoms with Crippen molar-refractivity contribution in [2.45, 2.75) is 16.6 Å². The Bertz CT molecular complexity index is 837. The molecule has 2 amide bonds. The maximum atomic E-state index is 12.3. The van der Waals surface area contributed by atoms with Gasteiger partial charge in [-0.3, -0.25) is 9.59 Å². The van der Waals surface area contributed by atoms with Crippen molar-refractivity contribution < 1.29 is 19.1 Å². The molecule has 0 bridgehead atoms. The lowest BCUT2D eigenvalue weighted by Gasteiger charge is -2.23. The van der Waals surface area contributed by atoms with Crippen molar-refractivity contribution in [1.82, 2.24) is 0 Å². The number of amides is 2. The molecule has 6 nitrogen and oxygen atoms in total. The molecule has 2 N–H and O–H groups in total. The number of nitrogens with one attached hydrogen (secondary N) is 2. The van der Waals surface area contributed by atoms with Crippen molar-refractivity contribution in [2.24, 2.45) is 0 Å². The number of fused-ring (bicyclic) bond motifs is 1. The molecule has 25 heavy (non-hydrogen) atoms. The zero-order valence-electron chi connectivity index (χ0n) is 13.4. The molecule has 1 unspecified atom stereocenters. The van der Waals surface area contributed by atoms with E-state index >= 15 is 0 Å². The summed E-state index contributed by atoms with van der Waals surface area (Å²) in [5.74, 6) is -0.967. The molecule has 0 radical (unpaired) electrons. The van der Waals surface area contributed by atoms with E-state index in [2.05, 4.69) is 15.4 Å². The molecule has 0 aromatic heterocycles. The minimum absolute atomic E-state index is 0.0350. The summed E-state index contributed by atoms with van der Waals surface area (Å²) in [7, 11) is 1.30. The highest BCUT2D eigenvalue weighted by Crippen LogP contribution is 2.36. The van der Waals surface area contributed by atoms with Crippen molar-refractivity contribution in [2.75, 3.05) is 17.7 Å². The van der Waals surface area contributed by atoms with Crippen molar-refractivity contribution in [3.8, 4) is 0 Å². The van der Waals surface area contributed by atoms with Crippen LogP contribution in [0, 0.1) is 0 Å². The molecule has 1 aliphatic heterocycles. The third kappa shape index (κ3) is 4.00. The zero-order chi connectivity index (χ0) is 17.8. The number of methoxy groups -OCH3 is 1. The monoisotopic (exact) mass is 356 g/mol. The SMILES string of the molecule is COC(=O)c1cccc(NC(=O)CC2Sc3ccccc3NC2=O)c1. The van der Waals surface area contributed by atoms with Crippen LogP contribution in [0.3, 0.4) is 0 Å². The Hall–Kier alpha value is -2.80. The Labute approximate surface area is 148 Å². The normalized spacial score (nSPS) is 15.7. The van der Waals surface area contributed by atoms with E-state index in [9.17, 15) is 14.4 Å². The topological polar surface area (TPSA) is 84.5 Å². The number of carbonyl (C=O) groups is 3. The minimum Gasteiger partial charge on any atom is -0.465 e. The molecule has 0 saturated carbocycles. The molecule has 128 valence electrons. The number of thioether (sulfide) groups is 1. The highest BCUT2D eigenvalue weighted by Gasteiger charge is 2.28. The van der Waals surface area contributed by atoms with E-state index in [0.29, 0.717) is 11.3 Å². The van der Waals surface area contributed by atoms with Crippen LogP contribution in [0.15, 0.2) is 53.4 Å². The molecule has 0 fully saturated rings. The molecule has 1 heterocycles. The van der Waals surface area contributed by atoms with Gasteiger partial charge in [-0.2, -0.15) is 0 Å². The maximum Gasteiger partial charge on any atom is 0.337 e. The number of hydrogen-bond acceptors (Lipinski definition) is 5. The second-order valence-electron chi connectivity index (χ2n) is 5.42. The van der Waals surface area contributed by atoms with Gasteiger partial charge < -0.3 is 15.4 Å². The molecule has 3 rings (SSSR count). The second-order valence-corrected chi connectivity index (χ2v) is 6.66. The highest BCUT2D eigenvalue weighted by atomic mass is 32.2. The average molecular weight is 356 g/mol. The van der Waals surface area contributed by atoms with E-state index in [-0.39, 0.29) is 18.2 Å². The molecule has 2 aromatic carbocycles. The number of para-hydroxylation sites is 1. The summed E-state index contributed by atoms with van der Waals surface area (Å²) in [6.45, 7) is 0. The van der Waals surface area contributed by atoms with Crippen LogP contribution in [-0.2, 0) is 14.3 Å². The van der Waals surface area contributed by atoms with Crippen LogP contribution in [0.5, 0.6) is 0 Å². The van der Waals surface area contributed by atoms with Crippen molar-refractivity contribution in [3.63, 3.8) is 0 Å². The number of carbonyl (C=O) groups excluding carboxylic acids is 3. The third-order valence-corrected chi connectivity index (χ3v) is 4.92. The lowest BCUT2D eigenvalue weighted by atomic mass is 10.2. The number of ether oxygens (including phenoxy) is 1. The zero-order valence-corrected chi connectivity index (χ0v) is 14.3. The maximum absolute atomic E-state index is 12.3. The lowest BCUT2D eigenvalue weighted by Crippen LogP contribution is -2.32. The van der Waals surface area contributed by atoms with Gasteiger partial charge in [0.2, 0.25) is 11.8 Å². The van der Waals surface area contributed by atoms with Crippen LogP contribution >= 0.6 is 11.8 Å².